The fraction of sp³-hybridized carbons (Fsp3) is 0.217. The summed E-state index contributed by atoms with van der Waals surface area (Å²) in [5, 5.41) is 0. The molecule has 0 aliphatic carbocycles. The van der Waals surface area contributed by atoms with Gasteiger partial charge in [0.25, 0.3) is 0 Å². The Morgan fingerprint density at radius 3 is 2.55 bits per heavy atom. The number of anilines is 1. The maximum absolute atomic E-state index is 13.8. The lowest BCUT2D eigenvalue weighted by Gasteiger charge is -2.36. The molecule has 0 amide bonds. The number of halogens is 2. The Bertz CT molecular complexity index is 1020. The minimum absolute atomic E-state index is 0.0811. The highest BCUT2D eigenvalue weighted by Crippen LogP contribution is 2.36. The molecular formula is C23H20F2N2O2. The molecule has 2 heterocycles. The zero-order valence-electron chi connectivity index (χ0n) is 15.9. The van der Waals surface area contributed by atoms with Gasteiger partial charge in [-0.05, 0) is 41.8 Å². The molecule has 0 fully saturated rings. The lowest BCUT2D eigenvalue weighted by Crippen LogP contribution is -2.34. The number of ether oxygens (including phenoxy) is 1. The van der Waals surface area contributed by atoms with Crippen molar-refractivity contribution < 1.29 is 18.3 Å². The average molecular weight is 394 g/mol. The van der Waals surface area contributed by atoms with E-state index < -0.39 is 17.6 Å². The van der Waals surface area contributed by atoms with E-state index in [0.29, 0.717) is 18.8 Å². The van der Waals surface area contributed by atoms with Crippen LogP contribution in [0.3, 0.4) is 0 Å². The molecular weight excluding hydrogens is 374 g/mol. The highest BCUT2D eigenvalue weighted by Gasteiger charge is 2.29. The third kappa shape index (κ3) is 3.97. The molecule has 148 valence electrons. The van der Waals surface area contributed by atoms with E-state index in [9.17, 15) is 13.6 Å². The summed E-state index contributed by atoms with van der Waals surface area (Å²) in [6.45, 7) is 2.99. The standard InChI is InChI=1S/C23H20F2N2O2/c1-2-29-23(28)22-11-20-16(12-26-22)13-27(19-9-17(24)8-18(25)10-19)14-21(20)15-6-4-3-5-7-15/h3-12,21H,2,13-14H2,1H3. The second kappa shape index (κ2) is 7.99. The normalized spacial score (nSPS) is 15.7. The molecule has 0 spiro atoms. The van der Waals surface area contributed by atoms with Crippen LogP contribution in [-0.4, -0.2) is 24.1 Å². The molecule has 1 aromatic heterocycles. The maximum Gasteiger partial charge on any atom is 0.356 e. The van der Waals surface area contributed by atoms with Crippen molar-refractivity contribution in [1.29, 1.82) is 0 Å². The van der Waals surface area contributed by atoms with E-state index in [1.54, 1.807) is 19.2 Å². The summed E-state index contributed by atoms with van der Waals surface area (Å²) in [4.78, 5) is 18.3. The highest BCUT2D eigenvalue weighted by molar-refractivity contribution is 5.87. The van der Waals surface area contributed by atoms with Gasteiger partial charge in [-0.15, -0.1) is 0 Å². The molecule has 29 heavy (non-hydrogen) atoms. The second-order valence-corrected chi connectivity index (χ2v) is 6.96. The number of rotatable bonds is 4. The van der Waals surface area contributed by atoms with E-state index in [1.165, 1.54) is 12.1 Å². The fourth-order valence-corrected chi connectivity index (χ4v) is 3.75. The van der Waals surface area contributed by atoms with Crippen LogP contribution in [0, 0.1) is 11.6 Å². The van der Waals surface area contributed by atoms with Gasteiger partial charge in [-0.3, -0.25) is 0 Å². The van der Waals surface area contributed by atoms with E-state index in [4.69, 9.17) is 4.74 Å². The minimum atomic E-state index is -0.613. The molecule has 6 heteroatoms. The van der Waals surface area contributed by atoms with Crippen molar-refractivity contribution in [1.82, 2.24) is 4.98 Å². The average Bonchev–Trinajstić information content (AvgIpc) is 2.72. The topological polar surface area (TPSA) is 42.4 Å². The van der Waals surface area contributed by atoms with Crippen molar-refractivity contribution >= 4 is 11.7 Å². The van der Waals surface area contributed by atoms with Crippen LogP contribution in [0.1, 0.15) is 40.0 Å². The number of benzene rings is 2. The van der Waals surface area contributed by atoms with Gasteiger partial charge in [0.15, 0.2) is 0 Å². The van der Waals surface area contributed by atoms with Crippen LogP contribution < -0.4 is 4.90 Å². The van der Waals surface area contributed by atoms with Crippen molar-refractivity contribution in [3.05, 3.63) is 94.8 Å². The predicted octanol–water partition coefficient (Wildman–Crippen LogP) is 4.69. The molecule has 1 aliphatic heterocycles. The molecule has 0 radical (unpaired) electrons. The van der Waals surface area contributed by atoms with Gasteiger partial charge in [0.05, 0.1) is 6.61 Å². The minimum Gasteiger partial charge on any atom is -0.461 e. The van der Waals surface area contributed by atoms with Crippen LogP contribution in [0.4, 0.5) is 14.5 Å². The van der Waals surface area contributed by atoms with Gasteiger partial charge in [0, 0.05) is 37.0 Å². The molecule has 0 bridgehead atoms. The first-order valence-electron chi connectivity index (χ1n) is 9.47. The molecule has 1 aliphatic rings. The van der Waals surface area contributed by atoms with Crippen LogP contribution in [0.15, 0.2) is 60.8 Å². The number of carbonyl (C=O) groups is 1. The summed E-state index contributed by atoms with van der Waals surface area (Å²) in [5.41, 5.74) is 3.67. The van der Waals surface area contributed by atoms with Crippen LogP contribution in [-0.2, 0) is 11.3 Å². The summed E-state index contributed by atoms with van der Waals surface area (Å²) in [7, 11) is 0. The third-order valence-corrected chi connectivity index (χ3v) is 5.06. The first-order chi connectivity index (χ1) is 14.0. The summed E-state index contributed by atoms with van der Waals surface area (Å²) >= 11 is 0. The Morgan fingerprint density at radius 2 is 1.86 bits per heavy atom. The van der Waals surface area contributed by atoms with Gasteiger partial charge in [0.2, 0.25) is 0 Å². The number of hydrogen-bond donors (Lipinski definition) is 0. The number of carbonyl (C=O) groups excluding carboxylic acids is 1. The molecule has 4 nitrogen and oxygen atoms in total. The lowest BCUT2D eigenvalue weighted by molar-refractivity contribution is 0.0519. The summed E-state index contributed by atoms with van der Waals surface area (Å²) in [5.74, 6) is -1.77. The van der Waals surface area contributed by atoms with Crippen molar-refractivity contribution in [2.75, 3.05) is 18.1 Å². The largest absolute Gasteiger partial charge is 0.461 e. The summed E-state index contributed by atoms with van der Waals surface area (Å²) < 4.78 is 32.6. The molecule has 1 atom stereocenters. The van der Waals surface area contributed by atoms with E-state index in [-0.39, 0.29) is 18.2 Å². The lowest BCUT2D eigenvalue weighted by atomic mass is 9.85. The van der Waals surface area contributed by atoms with Crippen LogP contribution >= 0.6 is 0 Å². The van der Waals surface area contributed by atoms with Crippen molar-refractivity contribution in [2.45, 2.75) is 19.4 Å². The van der Waals surface area contributed by atoms with Gasteiger partial charge in [-0.2, -0.15) is 0 Å². The quantitative estimate of drug-likeness (QED) is 0.602. The molecule has 4 rings (SSSR count). The number of nitrogens with zero attached hydrogens (tertiary/aromatic N) is 2. The van der Waals surface area contributed by atoms with Crippen molar-refractivity contribution in [3.8, 4) is 0 Å². The van der Waals surface area contributed by atoms with Gasteiger partial charge < -0.3 is 9.64 Å². The molecule has 0 N–H and O–H groups in total. The van der Waals surface area contributed by atoms with Gasteiger partial charge in [-0.1, -0.05) is 30.3 Å². The summed E-state index contributed by atoms with van der Waals surface area (Å²) in [6.07, 6.45) is 1.65. The van der Waals surface area contributed by atoms with Gasteiger partial charge >= 0.3 is 5.97 Å². The Kier molecular flexibility index (Phi) is 5.25. The molecule has 0 saturated heterocycles. The molecule has 2 aromatic carbocycles. The predicted molar refractivity (Wildman–Crippen MR) is 106 cm³/mol. The number of aromatic nitrogens is 1. The summed E-state index contributed by atoms with van der Waals surface area (Å²) in [6, 6.07) is 15.1. The Balaban J connectivity index is 1.78. The number of fused-ring (bicyclic) bond motifs is 1. The van der Waals surface area contributed by atoms with E-state index in [0.717, 1.165) is 22.8 Å². The number of hydrogen-bond acceptors (Lipinski definition) is 4. The molecule has 3 aromatic rings. The zero-order valence-corrected chi connectivity index (χ0v) is 15.9. The first-order valence-corrected chi connectivity index (χ1v) is 9.47. The third-order valence-electron chi connectivity index (χ3n) is 5.06. The SMILES string of the molecule is CCOC(=O)c1cc2c(cn1)CN(c1cc(F)cc(F)c1)CC2c1ccccc1. The van der Waals surface area contributed by atoms with E-state index in [2.05, 4.69) is 4.98 Å². The van der Waals surface area contributed by atoms with Crippen molar-refractivity contribution in [3.63, 3.8) is 0 Å². The Morgan fingerprint density at radius 1 is 1.14 bits per heavy atom. The van der Waals surface area contributed by atoms with Crippen molar-refractivity contribution in [2.24, 2.45) is 0 Å². The molecule has 0 saturated carbocycles. The molecule has 1 unspecified atom stereocenters. The monoisotopic (exact) mass is 394 g/mol. The van der Waals surface area contributed by atoms with E-state index >= 15 is 0 Å². The zero-order chi connectivity index (χ0) is 20.4. The van der Waals surface area contributed by atoms with Crippen LogP contribution in [0.2, 0.25) is 0 Å². The first kappa shape index (κ1) is 19.1. The fourth-order valence-electron chi connectivity index (χ4n) is 3.75. The smallest absolute Gasteiger partial charge is 0.356 e. The second-order valence-electron chi connectivity index (χ2n) is 6.96. The van der Waals surface area contributed by atoms with Gasteiger partial charge in [0.1, 0.15) is 17.3 Å². The maximum atomic E-state index is 13.8. The van der Waals surface area contributed by atoms with Crippen LogP contribution in [0.25, 0.3) is 0 Å². The van der Waals surface area contributed by atoms with Gasteiger partial charge in [-0.25, -0.2) is 18.6 Å². The Hall–Kier alpha value is -3.28. The highest BCUT2D eigenvalue weighted by atomic mass is 19.1. The van der Waals surface area contributed by atoms with E-state index in [1.807, 2.05) is 35.2 Å². The number of pyridine rings is 1. The Labute approximate surface area is 167 Å². The van der Waals surface area contributed by atoms with Crippen LogP contribution in [0.5, 0.6) is 0 Å². The number of esters is 1.